The predicted molar refractivity (Wildman–Crippen MR) is 117 cm³/mol. The van der Waals surface area contributed by atoms with Crippen LogP contribution in [-0.4, -0.2) is 37.0 Å². The Morgan fingerprint density at radius 2 is 1.38 bits per heavy atom. The summed E-state index contributed by atoms with van der Waals surface area (Å²) < 4.78 is 23.5. The van der Waals surface area contributed by atoms with Crippen LogP contribution in [0.3, 0.4) is 0 Å². The highest BCUT2D eigenvalue weighted by molar-refractivity contribution is 7.46. The van der Waals surface area contributed by atoms with Gasteiger partial charge in [0.2, 0.25) is 5.72 Å². The number of piperidine rings is 1. The van der Waals surface area contributed by atoms with Crippen molar-refractivity contribution >= 4 is 7.82 Å². The van der Waals surface area contributed by atoms with Gasteiger partial charge < -0.3 is 9.42 Å². The zero-order chi connectivity index (χ0) is 21.2. The van der Waals surface area contributed by atoms with Gasteiger partial charge in [-0.3, -0.25) is 13.6 Å². The van der Waals surface area contributed by atoms with E-state index in [0.29, 0.717) is 4.48 Å². The standard InChI is InChI=1S/C23H46NO4P/c1-4-5-6-7-8-9-10-11-12-13-14-15-16-17-20-23-22(27-29(25,26)28-23)19-18-21-24(23,2)3/h22H,4-21H2,1-3H3. The lowest BCUT2D eigenvalue weighted by Crippen LogP contribution is -2.67. The summed E-state index contributed by atoms with van der Waals surface area (Å²) in [5, 5.41) is 0. The Morgan fingerprint density at radius 1 is 0.897 bits per heavy atom. The highest BCUT2D eigenvalue weighted by Crippen LogP contribution is 2.60. The second-order valence-corrected chi connectivity index (χ2v) is 11.2. The number of phosphoric ester groups is 1. The Bertz CT molecular complexity index is 513. The normalized spacial score (nSPS) is 31.1. The van der Waals surface area contributed by atoms with Crippen LogP contribution in [0.15, 0.2) is 0 Å². The maximum Gasteiger partial charge on any atom is 0.273 e. The zero-order valence-corrected chi connectivity index (χ0v) is 20.2. The Labute approximate surface area is 179 Å². The summed E-state index contributed by atoms with van der Waals surface area (Å²) in [5.41, 5.74) is -0.702. The quantitative estimate of drug-likeness (QED) is 0.173. The molecule has 0 N–H and O–H groups in total. The molecule has 3 unspecified atom stereocenters. The van der Waals surface area contributed by atoms with Crippen LogP contribution in [0.5, 0.6) is 0 Å². The highest BCUT2D eigenvalue weighted by Gasteiger charge is 2.62. The molecule has 2 aliphatic rings. The molecule has 0 bridgehead atoms. The van der Waals surface area contributed by atoms with Gasteiger partial charge in [0.1, 0.15) is 6.10 Å². The SMILES string of the molecule is CCCCCCCCCCCCCCCCC12OP(=O)([O-])OC1CCC[N+]2(C)C. The van der Waals surface area contributed by atoms with E-state index in [9.17, 15) is 9.46 Å². The molecule has 0 aromatic heterocycles. The topological polar surface area (TPSA) is 58.6 Å². The molecule has 3 atom stereocenters. The van der Waals surface area contributed by atoms with Crippen LogP contribution in [-0.2, 0) is 13.6 Å². The number of phosphoric acid groups is 1. The maximum atomic E-state index is 12.0. The minimum Gasteiger partial charge on any atom is -0.756 e. The molecule has 2 aliphatic heterocycles. The third-order valence-electron chi connectivity index (χ3n) is 7.13. The third-order valence-corrected chi connectivity index (χ3v) is 8.18. The lowest BCUT2D eigenvalue weighted by atomic mass is 9.88. The molecule has 172 valence electrons. The monoisotopic (exact) mass is 431 g/mol. The number of fused-ring (bicyclic) bond motifs is 1. The van der Waals surface area contributed by atoms with Gasteiger partial charge in [0.05, 0.1) is 20.6 Å². The molecule has 29 heavy (non-hydrogen) atoms. The molecule has 0 aliphatic carbocycles. The van der Waals surface area contributed by atoms with E-state index in [1.54, 1.807) is 0 Å². The zero-order valence-electron chi connectivity index (χ0n) is 19.3. The molecule has 0 radical (unpaired) electrons. The van der Waals surface area contributed by atoms with Gasteiger partial charge in [0.25, 0.3) is 7.82 Å². The average molecular weight is 432 g/mol. The van der Waals surface area contributed by atoms with Gasteiger partial charge in [0.15, 0.2) is 0 Å². The van der Waals surface area contributed by atoms with Crippen LogP contribution in [0.4, 0.5) is 0 Å². The van der Waals surface area contributed by atoms with Crippen molar-refractivity contribution in [2.45, 2.75) is 128 Å². The summed E-state index contributed by atoms with van der Waals surface area (Å²) in [5.74, 6) is 0. The number of unbranched alkanes of at least 4 members (excludes halogenated alkanes) is 13. The number of hydrogen-bond acceptors (Lipinski definition) is 4. The lowest BCUT2D eigenvalue weighted by molar-refractivity contribution is -0.970. The van der Waals surface area contributed by atoms with Gasteiger partial charge in [-0.2, -0.15) is 0 Å². The summed E-state index contributed by atoms with van der Waals surface area (Å²) in [6, 6.07) is 0. The van der Waals surface area contributed by atoms with Crippen LogP contribution in [0.25, 0.3) is 0 Å². The molecule has 0 aromatic rings. The molecule has 2 heterocycles. The first-order valence-corrected chi connectivity index (χ1v) is 13.8. The average Bonchev–Trinajstić information content (AvgIpc) is 2.93. The number of quaternary nitrogens is 1. The van der Waals surface area contributed by atoms with E-state index in [-0.39, 0.29) is 6.10 Å². The second kappa shape index (κ2) is 12.2. The van der Waals surface area contributed by atoms with E-state index < -0.39 is 13.5 Å². The largest absolute Gasteiger partial charge is 0.756 e. The Morgan fingerprint density at radius 3 is 1.90 bits per heavy atom. The van der Waals surface area contributed by atoms with Gasteiger partial charge >= 0.3 is 0 Å². The van der Waals surface area contributed by atoms with Crippen LogP contribution in [0.1, 0.15) is 116 Å². The molecule has 0 spiro atoms. The Hall–Kier alpha value is 0.0700. The molecule has 0 aromatic carbocycles. The molecule has 2 rings (SSSR count). The fourth-order valence-corrected chi connectivity index (χ4v) is 6.68. The van der Waals surface area contributed by atoms with Crippen LogP contribution in [0.2, 0.25) is 0 Å². The molecular formula is C23H46NO4P. The van der Waals surface area contributed by atoms with Crippen molar-refractivity contribution in [3.63, 3.8) is 0 Å². The van der Waals surface area contributed by atoms with Crippen molar-refractivity contribution in [3.05, 3.63) is 0 Å². The van der Waals surface area contributed by atoms with Crippen LogP contribution in [0, 0.1) is 0 Å². The van der Waals surface area contributed by atoms with E-state index in [0.717, 1.165) is 38.6 Å². The summed E-state index contributed by atoms with van der Waals surface area (Å²) in [6.45, 7) is 3.21. The fraction of sp³-hybridized carbons (Fsp3) is 1.00. The molecule has 2 saturated heterocycles. The number of hydrogen-bond donors (Lipinski definition) is 0. The van der Waals surface area contributed by atoms with Crippen molar-refractivity contribution in [3.8, 4) is 0 Å². The van der Waals surface area contributed by atoms with E-state index in [1.165, 1.54) is 77.0 Å². The Balaban J connectivity index is 1.54. The molecule has 0 amide bonds. The smallest absolute Gasteiger partial charge is 0.273 e. The van der Waals surface area contributed by atoms with Crippen molar-refractivity contribution < 1.29 is 23.0 Å². The first-order chi connectivity index (χ1) is 13.8. The van der Waals surface area contributed by atoms with Gasteiger partial charge in [0, 0.05) is 6.42 Å². The molecular weight excluding hydrogens is 385 g/mol. The van der Waals surface area contributed by atoms with E-state index in [4.69, 9.17) is 9.05 Å². The molecule has 6 heteroatoms. The minimum absolute atomic E-state index is 0.309. The molecule has 2 fully saturated rings. The van der Waals surface area contributed by atoms with Crippen LogP contribution >= 0.6 is 7.82 Å². The minimum atomic E-state index is -4.15. The second-order valence-electron chi connectivity index (χ2n) is 9.87. The van der Waals surface area contributed by atoms with Gasteiger partial charge in [-0.25, -0.2) is 0 Å². The predicted octanol–water partition coefficient (Wildman–Crippen LogP) is 6.31. The number of rotatable bonds is 15. The van der Waals surface area contributed by atoms with Crippen molar-refractivity contribution in [2.24, 2.45) is 0 Å². The van der Waals surface area contributed by atoms with Gasteiger partial charge in [-0.15, -0.1) is 0 Å². The van der Waals surface area contributed by atoms with Gasteiger partial charge in [-0.1, -0.05) is 90.4 Å². The van der Waals surface area contributed by atoms with E-state index >= 15 is 0 Å². The summed E-state index contributed by atoms with van der Waals surface area (Å²) in [4.78, 5) is 12.0. The first kappa shape index (κ1) is 25.3. The maximum absolute atomic E-state index is 12.0. The van der Waals surface area contributed by atoms with Crippen molar-refractivity contribution in [1.29, 1.82) is 0 Å². The third kappa shape index (κ3) is 7.61. The molecule has 0 saturated carbocycles. The summed E-state index contributed by atoms with van der Waals surface area (Å²) >= 11 is 0. The summed E-state index contributed by atoms with van der Waals surface area (Å²) in [7, 11) is 0.0282. The van der Waals surface area contributed by atoms with Gasteiger partial charge in [-0.05, 0) is 19.3 Å². The van der Waals surface area contributed by atoms with Crippen LogP contribution < -0.4 is 4.89 Å². The lowest BCUT2D eigenvalue weighted by Gasteiger charge is -2.50. The number of likely N-dealkylation sites (N-methyl/N-ethyl adjacent to an activating group) is 1. The number of likely N-dealkylation sites (tertiary alicyclic amines) is 1. The van der Waals surface area contributed by atoms with E-state index in [1.807, 2.05) is 0 Å². The van der Waals surface area contributed by atoms with E-state index in [2.05, 4.69) is 21.0 Å². The highest BCUT2D eigenvalue weighted by atomic mass is 31.2. The summed E-state index contributed by atoms with van der Waals surface area (Å²) in [6.07, 6.45) is 20.8. The Kier molecular flexibility index (Phi) is 10.7. The van der Waals surface area contributed by atoms with Crippen molar-refractivity contribution in [2.75, 3.05) is 20.6 Å². The number of nitrogens with zero attached hydrogens (tertiary/aromatic N) is 1. The van der Waals surface area contributed by atoms with Crippen molar-refractivity contribution in [1.82, 2.24) is 0 Å². The fourth-order valence-electron chi connectivity index (χ4n) is 5.23. The first-order valence-electron chi connectivity index (χ1n) is 12.4. The molecule has 5 nitrogen and oxygen atoms in total.